The minimum Gasteiger partial charge on any atom is -0.356 e. The largest absolute Gasteiger partial charge is 0.356 e. The number of pyridine rings is 1. The summed E-state index contributed by atoms with van der Waals surface area (Å²) in [6.07, 6.45) is 5.62. The number of H-pyrrole nitrogens is 1. The number of amides is 2. The molecule has 4 heterocycles. The van der Waals surface area contributed by atoms with Gasteiger partial charge < -0.3 is 9.88 Å². The average Bonchev–Trinajstić information content (AvgIpc) is 3.11. The molecule has 2 amide bonds. The molecule has 2 aliphatic rings. The first kappa shape index (κ1) is 16.7. The zero-order valence-electron chi connectivity index (χ0n) is 15.4. The summed E-state index contributed by atoms with van der Waals surface area (Å²) in [4.78, 5) is 35.5. The first-order valence-electron chi connectivity index (χ1n) is 9.25. The standard InChI is InChI=1S/C21H19N5O2/c1-21-19-16(15-6-2-3-7-17(15)24-19)8-10-25(21)18(27)13-26(20(21)28)23-12-14-5-4-9-22-11-14/h2-7,9,11-12,24H,8,10,13H2,1H3. The lowest BCUT2D eigenvalue weighted by Gasteiger charge is -2.48. The third kappa shape index (κ3) is 2.29. The molecule has 1 unspecified atom stereocenters. The maximum Gasteiger partial charge on any atom is 0.275 e. The normalized spacial score (nSPS) is 22.0. The third-order valence-electron chi connectivity index (χ3n) is 5.69. The smallest absolute Gasteiger partial charge is 0.275 e. The number of para-hydroxylation sites is 1. The van der Waals surface area contributed by atoms with Crippen LogP contribution in [-0.2, 0) is 21.5 Å². The van der Waals surface area contributed by atoms with Crippen molar-refractivity contribution in [1.29, 1.82) is 0 Å². The minimum atomic E-state index is -1.09. The van der Waals surface area contributed by atoms with E-state index in [2.05, 4.69) is 21.1 Å². The molecule has 7 heteroatoms. The van der Waals surface area contributed by atoms with Crippen molar-refractivity contribution in [2.45, 2.75) is 18.9 Å². The van der Waals surface area contributed by atoms with Crippen molar-refractivity contribution in [3.05, 3.63) is 65.6 Å². The lowest BCUT2D eigenvalue weighted by Crippen LogP contribution is -2.65. The van der Waals surface area contributed by atoms with Crippen molar-refractivity contribution in [3.8, 4) is 0 Å². The minimum absolute atomic E-state index is 0.0548. The van der Waals surface area contributed by atoms with E-state index in [1.807, 2.05) is 31.2 Å². The summed E-state index contributed by atoms with van der Waals surface area (Å²) in [5.74, 6) is -0.311. The first-order chi connectivity index (χ1) is 13.6. The van der Waals surface area contributed by atoms with Gasteiger partial charge in [0.1, 0.15) is 6.54 Å². The molecule has 0 radical (unpaired) electrons. The number of aromatic nitrogens is 2. The molecule has 1 saturated heterocycles. The lowest BCUT2D eigenvalue weighted by molar-refractivity contribution is -0.165. The van der Waals surface area contributed by atoms with E-state index < -0.39 is 5.54 Å². The molecule has 1 atom stereocenters. The Morgan fingerprint density at radius 3 is 2.89 bits per heavy atom. The van der Waals surface area contributed by atoms with Gasteiger partial charge in [0.15, 0.2) is 5.54 Å². The molecule has 1 fully saturated rings. The molecule has 0 spiro atoms. The van der Waals surface area contributed by atoms with Crippen LogP contribution >= 0.6 is 0 Å². The van der Waals surface area contributed by atoms with Crippen LogP contribution in [-0.4, -0.2) is 51.0 Å². The van der Waals surface area contributed by atoms with Gasteiger partial charge >= 0.3 is 0 Å². The maximum atomic E-state index is 13.5. The fourth-order valence-electron chi connectivity index (χ4n) is 4.27. The zero-order chi connectivity index (χ0) is 19.3. The molecule has 1 N–H and O–H groups in total. The Morgan fingerprint density at radius 2 is 2.07 bits per heavy atom. The van der Waals surface area contributed by atoms with Gasteiger partial charge in [0.2, 0.25) is 5.91 Å². The number of fused-ring (bicyclic) bond motifs is 5. The predicted molar refractivity (Wildman–Crippen MR) is 105 cm³/mol. The van der Waals surface area contributed by atoms with E-state index in [-0.39, 0.29) is 18.4 Å². The van der Waals surface area contributed by atoms with Crippen LogP contribution in [0.1, 0.15) is 23.7 Å². The van der Waals surface area contributed by atoms with E-state index in [1.54, 1.807) is 29.6 Å². The molecule has 0 saturated carbocycles. The van der Waals surface area contributed by atoms with Gasteiger partial charge in [0, 0.05) is 35.4 Å². The van der Waals surface area contributed by atoms with Gasteiger partial charge in [-0.1, -0.05) is 24.3 Å². The molecule has 7 nitrogen and oxygen atoms in total. The van der Waals surface area contributed by atoms with Crippen LogP contribution in [0.5, 0.6) is 0 Å². The van der Waals surface area contributed by atoms with Gasteiger partial charge in [-0.05, 0) is 31.0 Å². The van der Waals surface area contributed by atoms with E-state index >= 15 is 0 Å². The van der Waals surface area contributed by atoms with Crippen molar-refractivity contribution < 1.29 is 9.59 Å². The number of hydrogen-bond donors (Lipinski definition) is 1. The van der Waals surface area contributed by atoms with Gasteiger partial charge in [-0.2, -0.15) is 5.10 Å². The van der Waals surface area contributed by atoms with E-state index in [4.69, 9.17) is 0 Å². The number of piperazine rings is 1. The molecular formula is C21H19N5O2. The highest BCUT2D eigenvalue weighted by Crippen LogP contribution is 2.41. The molecule has 0 aliphatic carbocycles. The van der Waals surface area contributed by atoms with E-state index in [1.165, 1.54) is 5.01 Å². The molecule has 140 valence electrons. The predicted octanol–water partition coefficient (Wildman–Crippen LogP) is 2.04. The summed E-state index contributed by atoms with van der Waals surface area (Å²) in [6.45, 7) is 2.28. The number of carbonyl (C=O) groups is 2. The topological polar surface area (TPSA) is 81.7 Å². The van der Waals surface area contributed by atoms with E-state index in [0.29, 0.717) is 6.54 Å². The second kappa shape index (κ2) is 6.02. The first-order valence-corrected chi connectivity index (χ1v) is 9.25. The molecule has 1 aromatic carbocycles. The lowest BCUT2D eigenvalue weighted by atomic mass is 9.83. The van der Waals surface area contributed by atoms with Crippen LogP contribution in [0.2, 0.25) is 0 Å². The van der Waals surface area contributed by atoms with Crippen molar-refractivity contribution >= 4 is 28.9 Å². The third-order valence-corrected chi connectivity index (χ3v) is 5.69. The Labute approximate surface area is 161 Å². The van der Waals surface area contributed by atoms with Gasteiger partial charge in [-0.15, -0.1) is 0 Å². The summed E-state index contributed by atoms with van der Waals surface area (Å²) < 4.78 is 0. The monoisotopic (exact) mass is 373 g/mol. The average molecular weight is 373 g/mol. The fourth-order valence-corrected chi connectivity index (χ4v) is 4.27. The Hall–Kier alpha value is -3.48. The van der Waals surface area contributed by atoms with Crippen LogP contribution in [0.4, 0.5) is 0 Å². The summed E-state index contributed by atoms with van der Waals surface area (Å²) in [5, 5.41) is 6.68. The highest BCUT2D eigenvalue weighted by atomic mass is 16.2. The Kier molecular flexibility index (Phi) is 3.58. The number of benzene rings is 1. The number of rotatable bonds is 2. The van der Waals surface area contributed by atoms with Gasteiger partial charge in [-0.25, -0.2) is 5.01 Å². The van der Waals surface area contributed by atoms with Crippen LogP contribution in [0.15, 0.2) is 53.9 Å². The summed E-state index contributed by atoms with van der Waals surface area (Å²) in [7, 11) is 0. The number of nitrogens with zero attached hydrogens (tertiary/aromatic N) is 4. The van der Waals surface area contributed by atoms with E-state index in [9.17, 15) is 9.59 Å². The summed E-state index contributed by atoms with van der Waals surface area (Å²) in [6, 6.07) is 11.6. The molecule has 0 bridgehead atoms. The summed E-state index contributed by atoms with van der Waals surface area (Å²) in [5.41, 5.74) is 2.55. The van der Waals surface area contributed by atoms with Crippen molar-refractivity contribution in [2.24, 2.45) is 5.10 Å². The maximum absolute atomic E-state index is 13.5. The molecule has 2 aromatic heterocycles. The van der Waals surface area contributed by atoms with Crippen molar-refractivity contribution in [1.82, 2.24) is 19.9 Å². The zero-order valence-corrected chi connectivity index (χ0v) is 15.4. The number of nitrogens with one attached hydrogen (secondary N) is 1. The second-order valence-electron chi connectivity index (χ2n) is 7.29. The number of aromatic amines is 1. The van der Waals surface area contributed by atoms with Crippen LogP contribution in [0, 0.1) is 0 Å². The van der Waals surface area contributed by atoms with Gasteiger partial charge in [0.25, 0.3) is 5.91 Å². The number of hydrogen-bond acceptors (Lipinski definition) is 4. The van der Waals surface area contributed by atoms with Crippen molar-refractivity contribution in [2.75, 3.05) is 13.1 Å². The Bertz CT molecular complexity index is 1120. The quantitative estimate of drug-likeness (QED) is 0.698. The van der Waals surface area contributed by atoms with Crippen LogP contribution in [0.25, 0.3) is 10.9 Å². The van der Waals surface area contributed by atoms with E-state index in [0.717, 1.165) is 34.1 Å². The molecule has 5 rings (SSSR count). The van der Waals surface area contributed by atoms with Crippen LogP contribution < -0.4 is 0 Å². The van der Waals surface area contributed by atoms with Crippen LogP contribution in [0.3, 0.4) is 0 Å². The SMILES string of the molecule is CC12C(=O)N(N=Cc3cccnc3)CC(=O)N1CCc1c2[nH]c2ccccc12. The molecule has 28 heavy (non-hydrogen) atoms. The van der Waals surface area contributed by atoms with Gasteiger partial charge in [0.05, 0.1) is 11.9 Å². The number of hydrazone groups is 1. The Morgan fingerprint density at radius 1 is 1.21 bits per heavy atom. The molecular weight excluding hydrogens is 354 g/mol. The highest BCUT2D eigenvalue weighted by molar-refractivity contribution is 6.01. The summed E-state index contributed by atoms with van der Waals surface area (Å²) >= 11 is 0. The van der Waals surface area contributed by atoms with Gasteiger partial charge in [-0.3, -0.25) is 14.6 Å². The number of carbonyl (C=O) groups excluding carboxylic acids is 2. The molecule has 3 aromatic rings. The highest BCUT2D eigenvalue weighted by Gasteiger charge is 2.54. The van der Waals surface area contributed by atoms with Crippen molar-refractivity contribution in [3.63, 3.8) is 0 Å². The fraction of sp³-hybridized carbons (Fsp3) is 0.238. The second-order valence-corrected chi connectivity index (χ2v) is 7.29. The molecule has 2 aliphatic heterocycles. The Balaban J connectivity index is 1.59.